The van der Waals surface area contributed by atoms with Crippen molar-refractivity contribution in [2.24, 2.45) is 11.3 Å². The summed E-state index contributed by atoms with van der Waals surface area (Å²) in [6, 6.07) is 15.3. The fraction of sp³-hybridized carbons (Fsp3) is 0.444. The first kappa shape index (κ1) is 38.9. The Morgan fingerprint density at radius 1 is 0.731 bits per heavy atom. The number of ether oxygens (including phenoxy) is 5. The Hall–Kier alpha value is -4.31. The van der Waals surface area contributed by atoms with Crippen LogP contribution in [-0.2, 0) is 46.2 Å². The van der Waals surface area contributed by atoms with E-state index < -0.39 is 95.6 Å². The zero-order chi connectivity index (χ0) is 38.3. The molecule has 2 aliphatic rings. The smallest absolute Gasteiger partial charge is 0.432 e. The van der Waals surface area contributed by atoms with Gasteiger partial charge in [0.2, 0.25) is 0 Å². The lowest BCUT2D eigenvalue weighted by molar-refractivity contribution is -0.285. The van der Waals surface area contributed by atoms with Crippen molar-refractivity contribution in [1.29, 1.82) is 0 Å². The molecule has 6 atom stereocenters. The summed E-state index contributed by atoms with van der Waals surface area (Å²) in [6.07, 6.45) is -20.0. The Balaban J connectivity index is 1.63. The number of hydrogen-bond acceptors (Lipinski definition) is 7. The normalized spacial score (nSPS) is 24.1. The summed E-state index contributed by atoms with van der Waals surface area (Å²) < 4.78 is 160. The first-order valence-corrected chi connectivity index (χ1v) is 15.8. The van der Waals surface area contributed by atoms with Crippen LogP contribution in [-0.4, -0.2) is 64.5 Å². The lowest BCUT2D eigenvalue weighted by Crippen LogP contribution is -2.55. The van der Waals surface area contributed by atoms with Crippen LogP contribution in [0.25, 0.3) is 0 Å². The van der Waals surface area contributed by atoms with E-state index >= 15 is 13.2 Å². The molecular weight excluding hydrogens is 715 g/mol. The number of halogens is 9. The van der Waals surface area contributed by atoms with Gasteiger partial charge in [-0.15, -0.1) is 0 Å². The van der Waals surface area contributed by atoms with E-state index in [0.29, 0.717) is 25.5 Å². The number of rotatable bonds is 10. The maximum atomic E-state index is 15.6. The van der Waals surface area contributed by atoms with Crippen LogP contribution < -0.4 is 4.74 Å². The Labute approximate surface area is 291 Å². The van der Waals surface area contributed by atoms with Crippen LogP contribution in [0.4, 0.5) is 39.5 Å². The molecule has 0 saturated heterocycles. The predicted molar refractivity (Wildman–Crippen MR) is 164 cm³/mol. The highest BCUT2D eigenvalue weighted by Crippen LogP contribution is 2.66. The molecule has 52 heavy (non-hydrogen) atoms. The quantitative estimate of drug-likeness (QED) is 0.154. The van der Waals surface area contributed by atoms with Gasteiger partial charge in [0.15, 0.2) is 0 Å². The van der Waals surface area contributed by atoms with Crippen LogP contribution >= 0.6 is 0 Å². The third-order valence-electron chi connectivity index (χ3n) is 10.3. The monoisotopic (exact) mass is 748 g/mol. The summed E-state index contributed by atoms with van der Waals surface area (Å²) in [4.78, 5) is 27.2. The molecule has 2 aliphatic carbocycles. The molecular formula is C36H33F9O7. The zero-order valence-corrected chi connectivity index (χ0v) is 27.8. The Kier molecular flexibility index (Phi) is 10.4. The van der Waals surface area contributed by atoms with Crippen LogP contribution in [0.15, 0.2) is 78.9 Å². The number of carbonyl (C=O) groups is 2. The molecule has 5 rings (SSSR count). The first-order chi connectivity index (χ1) is 24.4. The van der Waals surface area contributed by atoms with E-state index in [2.05, 4.69) is 0 Å². The molecule has 7 nitrogen and oxygen atoms in total. The van der Waals surface area contributed by atoms with Crippen molar-refractivity contribution in [3.63, 3.8) is 0 Å². The standard InChI is InChI=1S/C36H33F9O7/c1-48-24-14-15-25-21(18-24)16-17-31(34(37,38)39)26(25)19-28(52-30(47)33(50-3,36(43,44)45)23-12-8-5-9-13-23)27(31)20-51-29(46)32(49-2,35(40,41)42)22-10-6-4-7-11-22/h4-15,18,26-28H,16-17,19-20H2,1-3H3/t26-,27+,28+,31-,32+,33+/m1/s1. The number of fused-ring (bicyclic) bond motifs is 3. The van der Waals surface area contributed by atoms with E-state index in [1.165, 1.54) is 61.7 Å². The maximum absolute atomic E-state index is 15.6. The van der Waals surface area contributed by atoms with Gasteiger partial charge < -0.3 is 23.7 Å². The summed E-state index contributed by atoms with van der Waals surface area (Å²) in [5.41, 5.74) is -11.5. The largest absolute Gasteiger partial charge is 0.497 e. The topological polar surface area (TPSA) is 80.3 Å². The van der Waals surface area contributed by atoms with Gasteiger partial charge in [0.05, 0.1) is 19.1 Å². The number of benzene rings is 3. The second-order valence-corrected chi connectivity index (χ2v) is 12.5. The van der Waals surface area contributed by atoms with E-state index in [-0.39, 0.29) is 12.0 Å². The molecule has 0 unspecified atom stereocenters. The average molecular weight is 749 g/mol. The molecule has 3 aromatic rings. The van der Waals surface area contributed by atoms with Gasteiger partial charge in [0, 0.05) is 37.2 Å². The number of carbonyl (C=O) groups excluding carboxylic acids is 2. The molecule has 0 spiro atoms. The number of alkyl halides is 9. The van der Waals surface area contributed by atoms with Crippen LogP contribution in [0.1, 0.15) is 41.0 Å². The summed E-state index contributed by atoms with van der Waals surface area (Å²) in [5.74, 6) is -7.71. The van der Waals surface area contributed by atoms with E-state index in [9.17, 15) is 35.9 Å². The number of methoxy groups -OCH3 is 3. The van der Waals surface area contributed by atoms with Crippen molar-refractivity contribution in [3.05, 3.63) is 101 Å². The molecule has 0 radical (unpaired) electrons. The van der Waals surface area contributed by atoms with E-state index in [1.807, 2.05) is 0 Å². The van der Waals surface area contributed by atoms with Gasteiger partial charge in [-0.3, -0.25) is 0 Å². The highest BCUT2D eigenvalue weighted by molar-refractivity contribution is 5.83. The molecule has 0 aromatic heterocycles. The molecule has 0 amide bonds. The second-order valence-electron chi connectivity index (χ2n) is 12.5. The van der Waals surface area contributed by atoms with Crippen molar-refractivity contribution in [3.8, 4) is 5.75 Å². The van der Waals surface area contributed by atoms with Gasteiger partial charge >= 0.3 is 30.5 Å². The Morgan fingerprint density at radius 2 is 1.25 bits per heavy atom. The van der Waals surface area contributed by atoms with Crippen LogP contribution in [0, 0.1) is 11.3 Å². The molecule has 1 fully saturated rings. The van der Waals surface area contributed by atoms with Crippen molar-refractivity contribution in [2.75, 3.05) is 27.9 Å². The summed E-state index contributed by atoms with van der Waals surface area (Å²) in [6.45, 7) is -1.44. The van der Waals surface area contributed by atoms with Gasteiger partial charge in [0.1, 0.15) is 11.9 Å². The molecule has 282 valence electrons. The highest BCUT2D eigenvalue weighted by Gasteiger charge is 2.73. The Bertz CT molecular complexity index is 1750. The number of aryl methyl sites for hydroxylation is 1. The number of esters is 2. The molecule has 1 saturated carbocycles. The van der Waals surface area contributed by atoms with E-state index in [1.54, 1.807) is 0 Å². The lowest BCUT2D eigenvalue weighted by Gasteiger charge is -2.45. The van der Waals surface area contributed by atoms with E-state index in [0.717, 1.165) is 24.3 Å². The summed E-state index contributed by atoms with van der Waals surface area (Å²) in [7, 11) is 2.47. The van der Waals surface area contributed by atoms with Crippen molar-refractivity contribution < 1.29 is 72.8 Å². The number of hydrogen-bond donors (Lipinski definition) is 0. The van der Waals surface area contributed by atoms with Crippen LogP contribution in [0.3, 0.4) is 0 Å². The van der Waals surface area contributed by atoms with Crippen LogP contribution in [0.2, 0.25) is 0 Å². The minimum absolute atomic E-state index is 0.113. The predicted octanol–water partition coefficient (Wildman–Crippen LogP) is 7.96. The molecule has 3 aromatic carbocycles. The van der Waals surface area contributed by atoms with Crippen molar-refractivity contribution in [1.82, 2.24) is 0 Å². The molecule has 0 bridgehead atoms. The van der Waals surface area contributed by atoms with Gasteiger partial charge in [-0.1, -0.05) is 66.7 Å². The second kappa shape index (κ2) is 13.9. The average Bonchev–Trinajstić information content (AvgIpc) is 3.42. The Morgan fingerprint density at radius 3 is 1.71 bits per heavy atom. The first-order valence-electron chi connectivity index (χ1n) is 15.8. The van der Waals surface area contributed by atoms with Gasteiger partial charge in [-0.25, -0.2) is 9.59 Å². The van der Waals surface area contributed by atoms with Crippen LogP contribution in [0.5, 0.6) is 5.75 Å². The zero-order valence-electron chi connectivity index (χ0n) is 27.8. The SMILES string of the molecule is COc1ccc2c(c1)CC[C@@]1(C(F)(F)F)[C@@H]2C[C@H](OC(=O)[C@@](OC)(c2ccccc2)C(F)(F)F)[C@@H]1COC(=O)[C@@](OC)(c1ccccc1)C(F)(F)F. The fourth-order valence-electron chi connectivity index (χ4n) is 7.77. The molecule has 0 heterocycles. The maximum Gasteiger partial charge on any atom is 0.432 e. The highest BCUT2D eigenvalue weighted by atomic mass is 19.4. The van der Waals surface area contributed by atoms with Crippen molar-refractivity contribution >= 4 is 11.9 Å². The minimum atomic E-state index is -5.50. The third kappa shape index (κ3) is 6.06. The minimum Gasteiger partial charge on any atom is -0.497 e. The molecule has 0 N–H and O–H groups in total. The lowest BCUT2D eigenvalue weighted by atomic mass is 9.61. The van der Waals surface area contributed by atoms with Gasteiger partial charge in [-0.05, 0) is 42.5 Å². The van der Waals surface area contributed by atoms with E-state index in [4.69, 9.17) is 23.7 Å². The molecule has 0 aliphatic heterocycles. The third-order valence-corrected chi connectivity index (χ3v) is 10.3. The van der Waals surface area contributed by atoms with Gasteiger partial charge in [-0.2, -0.15) is 39.5 Å². The summed E-state index contributed by atoms with van der Waals surface area (Å²) in [5, 5.41) is 0. The summed E-state index contributed by atoms with van der Waals surface area (Å²) >= 11 is 0. The molecule has 16 heteroatoms. The van der Waals surface area contributed by atoms with Gasteiger partial charge in [0.25, 0.3) is 11.2 Å². The fourth-order valence-corrected chi connectivity index (χ4v) is 7.77. The van der Waals surface area contributed by atoms with Crippen molar-refractivity contribution in [2.45, 2.75) is 61.0 Å².